The monoisotopic (exact) mass is 396 g/mol. The molecule has 2 aromatic carbocycles. The predicted octanol–water partition coefficient (Wildman–Crippen LogP) is 6.12. The number of carbonyl (C=O) groups is 2. The van der Waals surface area contributed by atoms with Crippen molar-refractivity contribution in [2.24, 2.45) is 0 Å². The molecule has 0 unspecified atom stereocenters. The second-order valence-electron chi connectivity index (χ2n) is 6.60. The number of rotatable bonds is 3. The van der Waals surface area contributed by atoms with Crippen molar-refractivity contribution in [3.8, 4) is 0 Å². The summed E-state index contributed by atoms with van der Waals surface area (Å²) in [6.45, 7) is 4.23. The number of hydrogen-bond donors (Lipinski definition) is 0. The summed E-state index contributed by atoms with van der Waals surface area (Å²) in [6, 6.07) is 15.0. The first-order chi connectivity index (χ1) is 13.0. The Labute approximate surface area is 166 Å². The summed E-state index contributed by atoms with van der Waals surface area (Å²) in [4.78, 5) is 26.9. The minimum Gasteiger partial charge on any atom is -0.344 e. The van der Waals surface area contributed by atoms with Crippen LogP contribution in [0.25, 0.3) is 17.0 Å². The number of thioether (sulfide) groups is 1. The largest absolute Gasteiger partial charge is 0.344 e. The SMILES string of the molecule is CC(C)n1cc(/C=C2/SC(=O)N(c3ccc(Cl)cc3)C2=O)c2ccccc21. The van der Waals surface area contributed by atoms with Crippen LogP contribution in [0.2, 0.25) is 5.02 Å². The van der Waals surface area contributed by atoms with E-state index in [2.05, 4.69) is 24.5 Å². The molecule has 4 nitrogen and oxygen atoms in total. The van der Waals surface area contributed by atoms with E-state index in [1.54, 1.807) is 24.3 Å². The molecule has 0 radical (unpaired) electrons. The number of amides is 2. The molecule has 0 saturated carbocycles. The van der Waals surface area contributed by atoms with Crippen molar-refractivity contribution in [3.63, 3.8) is 0 Å². The van der Waals surface area contributed by atoms with Gasteiger partial charge < -0.3 is 4.57 Å². The van der Waals surface area contributed by atoms with Gasteiger partial charge in [0.05, 0.1) is 10.6 Å². The highest BCUT2D eigenvalue weighted by molar-refractivity contribution is 8.19. The molecule has 0 atom stereocenters. The number of para-hydroxylation sites is 1. The second kappa shape index (κ2) is 6.91. The molecule has 1 aromatic heterocycles. The summed E-state index contributed by atoms with van der Waals surface area (Å²) in [7, 11) is 0. The number of fused-ring (bicyclic) bond motifs is 1. The van der Waals surface area contributed by atoms with E-state index in [0.717, 1.165) is 28.2 Å². The van der Waals surface area contributed by atoms with Gasteiger partial charge in [0.15, 0.2) is 0 Å². The van der Waals surface area contributed by atoms with E-state index in [1.807, 2.05) is 30.5 Å². The van der Waals surface area contributed by atoms with Crippen molar-refractivity contribution in [1.29, 1.82) is 0 Å². The number of imide groups is 1. The third-order valence-electron chi connectivity index (χ3n) is 4.49. The van der Waals surface area contributed by atoms with Gasteiger partial charge in [-0.3, -0.25) is 9.59 Å². The van der Waals surface area contributed by atoms with E-state index < -0.39 is 0 Å². The Balaban J connectivity index is 1.75. The summed E-state index contributed by atoms with van der Waals surface area (Å²) < 4.78 is 2.17. The molecule has 27 heavy (non-hydrogen) atoms. The van der Waals surface area contributed by atoms with E-state index in [0.29, 0.717) is 21.7 Å². The van der Waals surface area contributed by atoms with Gasteiger partial charge in [0, 0.05) is 33.7 Å². The molecule has 0 bridgehead atoms. The average molecular weight is 397 g/mol. The van der Waals surface area contributed by atoms with Gasteiger partial charge in [-0.25, -0.2) is 4.90 Å². The van der Waals surface area contributed by atoms with Crippen molar-refractivity contribution in [2.75, 3.05) is 4.90 Å². The van der Waals surface area contributed by atoms with Crippen LogP contribution in [-0.4, -0.2) is 15.7 Å². The molecule has 4 rings (SSSR count). The Morgan fingerprint density at radius 2 is 1.74 bits per heavy atom. The molecule has 136 valence electrons. The average Bonchev–Trinajstić information content (AvgIpc) is 3.15. The van der Waals surface area contributed by atoms with Crippen molar-refractivity contribution in [3.05, 3.63) is 70.2 Å². The molecule has 0 spiro atoms. The van der Waals surface area contributed by atoms with Gasteiger partial charge in [-0.05, 0) is 62.0 Å². The number of hydrogen-bond acceptors (Lipinski definition) is 3. The van der Waals surface area contributed by atoms with Crippen LogP contribution in [0.1, 0.15) is 25.5 Å². The number of halogens is 1. The molecule has 1 aliphatic heterocycles. The molecule has 0 aliphatic carbocycles. The molecule has 3 aromatic rings. The standard InChI is InChI=1S/C21H17ClN2O2S/c1-13(2)23-12-14(17-5-3-4-6-18(17)23)11-19-20(25)24(21(26)27-19)16-9-7-15(22)8-10-16/h3-13H,1-2H3/b19-11+. The van der Waals surface area contributed by atoms with Gasteiger partial charge in [0.2, 0.25) is 0 Å². The zero-order valence-corrected chi connectivity index (χ0v) is 16.4. The molecule has 1 aliphatic rings. The summed E-state index contributed by atoms with van der Waals surface area (Å²) in [6.07, 6.45) is 3.84. The third-order valence-corrected chi connectivity index (χ3v) is 5.61. The lowest BCUT2D eigenvalue weighted by atomic mass is 10.1. The van der Waals surface area contributed by atoms with Gasteiger partial charge in [-0.15, -0.1) is 0 Å². The lowest BCUT2D eigenvalue weighted by Gasteiger charge is -2.12. The first kappa shape index (κ1) is 17.9. The normalized spacial score (nSPS) is 16.3. The Kier molecular flexibility index (Phi) is 4.58. The maximum atomic E-state index is 12.9. The summed E-state index contributed by atoms with van der Waals surface area (Å²) in [5, 5.41) is 1.31. The highest BCUT2D eigenvalue weighted by atomic mass is 35.5. The van der Waals surface area contributed by atoms with Crippen LogP contribution in [0, 0.1) is 0 Å². The molecule has 2 amide bonds. The van der Waals surface area contributed by atoms with Gasteiger partial charge in [-0.1, -0.05) is 29.8 Å². The van der Waals surface area contributed by atoms with Crippen molar-refractivity contribution >= 4 is 57.2 Å². The second-order valence-corrected chi connectivity index (χ2v) is 8.03. The lowest BCUT2D eigenvalue weighted by molar-refractivity contribution is -0.113. The fourth-order valence-electron chi connectivity index (χ4n) is 3.20. The van der Waals surface area contributed by atoms with Crippen LogP contribution < -0.4 is 4.90 Å². The summed E-state index contributed by atoms with van der Waals surface area (Å²) in [5.41, 5.74) is 2.56. The number of benzene rings is 2. The summed E-state index contributed by atoms with van der Waals surface area (Å²) >= 11 is 6.86. The van der Waals surface area contributed by atoms with Crippen LogP contribution >= 0.6 is 23.4 Å². The zero-order chi connectivity index (χ0) is 19.1. The minimum atomic E-state index is -0.311. The maximum Gasteiger partial charge on any atom is 0.298 e. The van der Waals surface area contributed by atoms with Crippen molar-refractivity contribution in [1.82, 2.24) is 4.57 Å². The highest BCUT2D eigenvalue weighted by Crippen LogP contribution is 2.37. The molecule has 6 heteroatoms. The smallest absolute Gasteiger partial charge is 0.298 e. The van der Waals surface area contributed by atoms with Crippen LogP contribution in [0.3, 0.4) is 0 Å². The van der Waals surface area contributed by atoms with Crippen LogP contribution in [-0.2, 0) is 4.79 Å². The molecular weight excluding hydrogens is 380 g/mol. The number of anilines is 1. The Bertz CT molecular complexity index is 1080. The van der Waals surface area contributed by atoms with Gasteiger partial charge in [-0.2, -0.15) is 0 Å². The fraction of sp³-hybridized carbons (Fsp3) is 0.143. The number of aromatic nitrogens is 1. The quantitative estimate of drug-likeness (QED) is 0.501. The first-order valence-electron chi connectivity index (χ1n) is 8.59. The van der Waals surface area contributed by atoms with Crippen molar-refractivity contribution < 1.29 is 9.59 Å². The van der Waals surface area contributed by atoms with Crippen LogP contribution in [0.4, 0.5) is 10.5 Å². The highest BCUT2D eigenvalue weighted by Gasteiger charge is 2.36. The van der Waals surface area contributed by atoms with Crippen molar-refractivity contribution in [2.45, 2.75) is 19.9 Å². The molecule has 2 heterocycles. The van der Waals surface area contributed by atoms with Crippen LogP contribution in [0.15, 0.2) is 59.6 Å². The summed E-state index contributed by atoms with van der Waals surface area (Å²) in [5.74, 6) is -0.311. The first-order valence-corrected chi connectivity index (χ1v) is 9.78. The molecular formula is C21H17ClN2O2S. The Morgan fingerprint density at radius 3 is 2.44 bits per heavy atom. The number of nitrogens with zero attached hydrogens (tertiary/aromatic N) is 2. The maximum absolute atomic E-state index is 12.9. The molecule has 1 saturated heterocycles. The Morgan fingerprint density at radius 1 is 1.04 bits per heavy atom. The number of carbonyl (C=O) groups excluding carboxylic acids is 2. The zero-order valence-electron chi connectivity index (χ0n) is 14.8. The minimum absolute atomic E-state index is 0.293. The molecule has 1 fully saturated rings. The lowest BCUT2D eigenvalue weighted by Crippen LogP contribution is -2.27. The van der Waals surface area contributed by atoms with Gasteiger partial charge >= 0.3 is 0 Å². The molecule has 0 N–H and O–H groups in total. The third kappa shape index (κ3) is 3.17. The van der Waals surface area contributed by atoms with Gasteiger partial charge in [0.25, 0.3) is 11.1 Å². The fourth-order valence-corrected chi connectivity index (χ4v) is 4.15. The van der Waals surface area contributed by atoms with Gasteiger partial charge in [0.1, 0.15) is 0 Å². The Hall–Kier alpha value is -2.50. The van der Waals surface area contributed by atoms with E-state index in [9.17, 15) is 9.59 Å². The predicted molar refractivity (Wildman–Crippen MR) is 112 cm³/mol. The van der Waals surface area contributed by atoms with E-state index in [-0.39, 0.29) is 11.1 Å². The topological polar surface area (TPSA) is 42.3 Å². The van der Waals surface area contributed by atoms with E-state index >= 15 is 0 Å². The van der Waals surface area contributed by atoms with Crippen LogP contribution in [0.5, 0.6) is 0 Å². The van der Waals surface area contributed by atoms with E-state index in [1.165, 1.54) is 4.90 Å². The van der Waals surface area contributed by atoms with E-state index in [4.69, 9.17) is 11.6 Å².